The third-order valence-electron chi connectivity index (χ3n) is 4.96. The number of nitrogens with zero attached hydrogens (tertiary/aromatic N) is 4. The van der Waals surface area contributed by atoms with Gasteiger partial charge in [0.05, 0.1) is 22.7 Å². The van der Waals surface area contributed by atoms with E-state index >= 15 is 0 Å². The largest absolute Gasteiger partial charge is 0.416 e. The topological polar surface area (TPSA) is 68.1 Å². The molecule has 1 aromatic heterocycles. The lowest BCUT2D eigenvalue weighted by molar-refractivity contribution is -0.137. The van der Waals surface area contributed by atoms with Crippen molar-refractivity contribution in [1.29, 1.82) is 0 Å². The highest BCUT2D eigenvalue weighted by atomic mass is 32.2. The molecule has 0 spiro atoms. The summed E-state index contributed by atoms with van der Waals surface area (Å²) in [4.78, 5) is 0.104. The Labute approximate surface area is 165 Å². The van der Waals surface area contributed by atoms with Crippen LogP contribution in [-0.4, -0.2) is 40.8 Å². The van der Waals surface area contributed by atoms with Gasteiger partial charge in [0.15, 0.2) is 0 Å². The van der Waals surface area contributed by atoms with Crippen LogP contribution in [0.3, 0.4) is 0 Å². The Hall–Kier alpha value is -2.72. The molecule has 3 aromatic rings. The summed E-state index contributed by atoms with van der Waals surface area (Å²) >= 11 is 0. The number of aromatic nitrogens is 3. The lowest BCUT2D eigenvalue weighted by atomic mass is 10.0. The zero-order chi connectivity index (χ0) is 20.6. The number of sulfonamides is 1. The maximum absolute atomic E-state index is 12.9. The number of halogens is 3. The van der Waals surface area contributed by atoms with Crippen LogP contribution in [0.4, 0.5) is 13.2 Å². The predicted molar refractivity (Wildman–Crippen MR) is 99.3 cm³/mol. The first kappa shape index (κ1) is 19.6. The van der Waals surface area contributed by atoms with E-state index in [-0.39, 0.29) is 10.9 Å². The van der Waals surface area contributed by atoms with E-state index in [0.717, 1.165) is 12.1 Å². The Kier molecular flexibility index (Phi) is 4.91. The van der Waals surface area contributed by atoms with E-state index in [4.69, 9.17) is 0 Å². The van der Waals surface area contributed by atoms with Gasteiger partial charge in [0.1, 0.15) is 0 Å². The van der Waals surface area contributed by atoms with Crippen LogP contribution in [0.5, 0.6) is 0 Å². The first-order valence-electron chi connectivity index (χ1n) is 8.89. The van der Waals surface area contributed by atoms with Crippen molar-refractivity contribution in [3.8, 4) is 11.1 Å². The first-order chi connectivity index (χ1) is 13.7. The lowest BCUT2D eigenvalue weighted by Crippen LogP contribution is -2.29. The second-order valence-corrected chi connectivity index (χ2v) is 8.73. The molecule has 0 N–H and O–H groups in total. The smallest absolute Gasteiger partial charge is 0.248 e. The maximum Gasteiger partial charge on any atom is 0.416 e. The third-order valence-corrected chi connectivity index (χ3v) is 6.84. The van der Waals surface area contributed by atoms with Crippen LogP contribution in [0.2, 0.25) is 0 Å². The van der Waals surface area contributed by atoms with Crippen LogP contribution < -0.4 is 0 Å². The minimum absolute atomic E-state index is 0.0725. The molecule has 1 fully saturated rings. The highest BCUT2D eigenvalue weighted by Crippen LogP contribution is 2.33. The van der Waals surface area contributed by atoms with Gasteiger partial charge in [0.2, 0.25) is 10.0 Å². The highest BCUT2D eigenvalue weighted by molar-refractivity contribution is 7.89. The summed E-state index contributed by atoms with van der Waals surface area (Å²) in [6.45, 7) is 0.656. The number of rotatable bonds is 4. The molecule has 1 atom stereocenters. The van der Waals surface area contributed by atoms with Crippen molar-refractivity contribution in [2.24, 2.45) is 0 Å². The summed E-state index contributed by atoms with van der Waals surface area (Å²) in [6, 6.07) is 10.8. The normalized spacial score (nSPS) is 18.2. The molecule has 1 aliphatic heterocycles. The van der Waals surface area contributed by atoms with Gasteiger partial charge in [0, 0.05) is 19.3 Å². The molecular weight excluding hydrogens is 405 g/mol. The van der Waals surface area contributed by atoms with Gasteiger partial charge in [-0.05, 0) is 41.8 Å². The van der Waals surface area contributed by atoms with E-state index in [1.54, 1.807) is 23.1 Å². The minimum atomic E-state index is -4.43. The molecule has 0 aliphatic carbocycles. The zero-order valence-corrected chi connectivity index (χ0v) is 15.9. The summed E-state index contributed by atoms with van der Waals surface area (Å²) < 4.78 is 67.6. The molecule has 4 rings (SSSR count). The van der Waals surface area contributed by atoms with Gasteiger partial charge in [-0.15, -0.1) is 5.10 Å². The molecule has 6 nitrogen and oxygen atoms in total. The molecular formula is C19H17F3N4O2S. The molecule has 1 unspecified atom stereocenters. The van der Waals surface area contributed by atoms with Crippen LogP contribution in [0.25, 0.3) is 11.1 Å². The van der Waals surface area contributed by atoms with Gasteiger partial charge >= 0.3 is 6.18 Å². The monoisotopic (exact) mass is 422 g/mol. The van der Waals surface area contributed by atoms with Gasteiger partial charge in [-0.2, -0.15) is 17.5 Å². The van der Waals surface area contributed by atoms with Crippen LogP contribution >= 0.6 is 0 Å². The Balaban J connectivity index is 1.55. The second-order valence-electron chi connectivity index (χ2n) is 6.79. The van der Waals surface area contributed by atoms with E-state index in [9.17, 15) is 21.6 Å². The highest BCUT2D eigenvalue weighted by Gasteiger charge is 2.34. The summed E-state index contributed by atoms with van der Waals surface area (Å²) in [5.74, 6) is 0. The van der Waals surface area contributed by atoms with E-state index in [0.29, 0.717) is 30.6 Å². The zero-order valence-electron chi connectivity index (χ0n) is 15.1. The van der Waals surface area contributed by atoms with E-state index in [2.05, 4.69) is 10.3 Å². The van der Waals surface area contributed by atoms with Gasteiger partial charge < -0.3 is 0 Å². The Morgan fingerprint density at radius 1 is 1.03 bits per heavy atom. The number of alkyl halides is 3. The second kappa shape index (κ2) is 7.27. The van der Waals surface area contributed by atoms with E-state index in [1.165, 1.54) is 34.6 Å². The molecule has 0 saturated carbocycles. The summed E-state index contributed by atoms with van der Waals surface area (Å²) in [5, 5.41) is 7.67. The van der Waals surface area contributed by atoms with Gasteiger partial charge in [-0.3, -0.25) is 0 Å². The molecule has 0 radical (unpaired) electrons. The SMILES string of the molecule is O=S(=O)(c1ccc(-c2cccc(C(F)(F)F)c2)cc1)N1CCC(n2ccnn2)C1. The fourth-order valence-electron chi connectivity index (χ4n) is 3.40. The van der Waals surface area contributed by atoms with Crippen molar-refractivity contribution in [2.45, 2.75) is 23.5 Å². The van der Waals surface area contributed by atoms with Crippen LogP contribution in [0.15, 0.2) is 65.8 Å². The molecule has 2 heterocycles. The van der Waals surface area contributed by atoms with Crippen LogP contribution in [0.1, 0.15) is 18.0 Å². The molecule has 0 amide bonds. The molecule has 152 valence electrons. The summed E-state index contributed by atoms with van der Waals surface area (Å²) in [7, 11) is -3.70. The lowest BCUT2D eigenvalue weighted by Gasteiger charge is -2.17. The van der Waals surface area contributed by atoms with E-state index < -0.39 is 21.8 Å². The quantitative estimate of drug-likeness (QED) is 0.644. The predicted octanol–water partition coefficient (Wildman–Crippen LogP) is 3.60. The molecule has 2 aromatic carbocycles. The van der Waals surface area contributed by atoms with Crippen LogP contribution in [0, 0.1) is 0 Å². The van der Waals surface area contributed by atoms with Gasteiger partial charge in [0.25, 0.3) is 0 Å². The average Bonchev–Trinajstić information content (AvgIpc) is 3.39. The summed E-state index contributed by atoms with van der Waals surface area (Å²) in [6.07, 6.45) is -0.561. The molecule has 0 bridgehead atoms. The Bertz CT molecular complexity index is 1100. The third kappa shape index (κ3) is 3.90. The van der Waals surface area contributed by atoms with Crippen molar-refractivity contribution in [3.63, 3.8) is 0 Å². The number of hydrogen-bond acceptors (Lipinski definition) is 4. The van der Waals surface area contributed by atoms with Gasteiger partial charge in [-0.1, -0.05) is 29.5 Å². The minimum Gasteiger partial charge on any atom is -0.248 e. The van der Waals surface area contributed by atoms with Crippen molar-refractivity contribution in [3.05, 3.63) is 66.5 Å². The Morgan fingerprint density at radius 3 is 2.45 bits per heavy atom. The summed E-state index contributed by atoms with van der Waals surface area (Å²) in [5.41, 5.74) is 0.135. The fraction of sp³-hybridized carbons (Fsp3) is 0.263. The van der Waals surface area contributed by atoms with Crippen molar-refractivity contribution in [2.75, 3.05) is 13.1 Å². The van der Waals surface area contributed by atoms with Crippen molar-refractivity contribution >= 4 is 10.0 Å². The number of benzene rings is 2. The Morgan fingerprint density at radius 2 is 1.79 bits per heavy atom. The average molecular weight is 422 g/mol. The number of hydrogen-bond donors (Lipinski definition) is 0. The molecule has 1 saturated heterocycles. The van der Waals surface area contributed by atoms with Crippen LogP contribution in [-0.2, 0) is 16.2 Å². The molecule has 10 heteroatoms. The standard InChI is InChI=1S/C19H17F3N4O2S/c20-19(21,22)16-3-1-2-15(12-16)14-4-6-18(7-5-14)29(27,28)25-10-8-17(13-25)26-11-9-23-24-26/h1-7,9,11-12,17H,8,10,13H2. The van der Waals surface area contributed by atoms with Gasteiger partial charge in [-0.25, -0.2) is 13.1 Å². The molecule has 29 heavy (non-hydrogen) atoms. The first-order valence-corrected chi connectivity index (χ1v) is 10.3. The molecule has 1 aliphatic rings. The maximum atomic E-state index is 12.9. The van der Waals surface area contributed by atoms with E-state index in [1.807, 2.05) is 0 Å². The van der Waals surface area contributed by atoms with Crippen molar-refractivity contribution < 1.29 is 21.6 Å². The van der Waals surface area contributed by atoms with Crippen molar-refractivity contribution in [1.82, 2.24) is 19.3 Å². The fourth-order valence-corrected chi connectivity index (χ4v) is 4.89.